The molecule has 0 aliphatic carbocycles. The van der Waals surface area contributed by atoms with Crippen LogP contribution in [0.5, 0.6) is 0 Å². The van der Waals surface area contributed by atoms with Gasteiger partial charge in [-0.25, -0.2) is 4.79 Å². The summed E-state index contributed by atoms with van der Waals surface area (Å²) in [4.78, 5) is 25.9. The van der Waals surface area contributed by atoms with E-state index in [0.717, 1.165) is 24.1 Å². The number of hydrogen-bond donors (Lipinski definition) is 2. The largest absolute Gasteiger partial charge is 0.478 e. The molecule has 150 valence electrons. The van der Waals surface area contributed by atoms with Gasteiger partial charge in [0.25, 0.3) is 5.91 Å². The lowest BCUT2D eigenvalue weighted by atomic mass is 10.0. The van der Waals surface area contributed by atoms with Gasteiger partial charge in [-0.1, -0.05) is 29.8 Å². The maximum atomic E-state index is 12.9. The fourth-order valence-corrected chi connectivity index (χ4v) is 3.79. The van der Waals surface area contributed by atoms with E-state index in [1.54, 1.807) is 22.6 Å². The Bertz CT molecular complexity index is 1040. The van der Waals surface area contributed by atoms with Crippen LogP contribution in [0.2, 0.25) is 0 Å². The van der Waals surface area contributed by atoms with Crippen LogP contribution in [0.4, 0.5) is 0 Å². The first kappa shape index (κ1) is 18.9. The lowest BCUT2D eigenvalue weighted by molar-refractivity contribution is 0.0682. The molecule has 0 unspecified atom stereocenters. The molecule has 4 rings (SSSR count). The summed E-state index contributed by atoms with van der Waals surface area (Å²) in [6.07, 6.45) is 2.85. The van der Waals surface area contributed by atoms with Crippen LogP contribution in [0.3, 0.4) is 0 Å². The number of carbonyl (C=O) groups is 2. The number of aromatic amines is 1. The van der Waals surface area contributed by atoms with Crippen LogP contribution in [0, 0.1) is 13.8 Å². The van der Waals surface area contributed by atoms with E-state index in [2.05, 4.69) is 15.3 Å². The number of aromatic carboxylic acids is 1. The fourth-order valence-electron chi connectivity index (χ4n) is 3.79. The van der Waals surface area contributed by atoms with Crippen molar-refractivity contribution in [1.29, 1.82) is 0 Å². The van der Waals surface area contributed by atoms with Gasteiger partial charge >= 0.3 is 5.97 Å². The standard InChI is InChI=1S/C21H23N5O3/c1-13-3-5-15(6-4-13)18-11-19(24-23-18)20(27)25-9-7-16(8-10-25)26-14(2)17(12-22-26)21(28)29/h3-6,11-12,16H,7-10H2,1-2H3,(H,23,24)(H,28,29). The highest BCUT2D eigenvalue weighted by atomic mass is 16.4. The van der Waals surface area contributed by atoms with Gasteiger partial charge < -0.3 is 10.0 Å². The number of nitrogens with zero attached hydrogens (tertiary/aromatic N) is 4. The van der Waals surface area contributed by atoms with Crippen LogP contribution >= 0.6 is 0 Å². The summed E-state index contributed by atoms with van der Waals surface area (Å²) in [7, 11) is 0. The molecule has 0 radical (unpaired) electrons. The minimum Gasteiger partial charge on any atom is -0.478 e. The van der Waals surface area contributed by atoms with Crippen LogP contribution in [0.1, 0.15) is 51.0 Å². The first-order valence-electron chi connectivity index (χ1n) is 9.63. The number of rotatable bonds is 4. The van der Waals surface area contributed by atoms with Crippen LogP contribution in [-0.2, 0) is 0 Å². The molecule has 8 heteroatoms. The van der Waals surface area contributed by atoms with Crippen LogP contribution in [0.25, 0.3) is 11.3 Å². The van der Waals surface area contributed by atoms with E-state index in [9.17, 15) is 14.7 Å². The highest BCUT2D eigenvalue weighted by Gasteiger charge is 2.28. The van der Waals surface area contributed by atoms with Crippen LogP contribution < -0.4 is 0 Å². The second-order valence-corrected chi connectivity index (χ2v) is 7.45. The Hall–Kier alpha value is -3.42. The minimum atomic E-state index is -0.968. The van der Waals surface area contributed by atoms with Crippen molar-refractivity contribution in [3.05, 3.63) is 59.0 Å². The molecule has 3 heterocycles. The maximum absolute atomic E-state index is 12.9. The van der Waals surface area contributed by atoms with Crippen molar-refractivity contribution < 1.29 is 14.7 Å². The fraction of sp³-hybridized carbons (Fsp3) is 0.333. The molecule has 2 N–H and O–H groups in total. The van der Waals surface area contributed by atoms with E-state index < -0.39 is 5.97 Å². The number of amides is 1. The van der Waals surface area contributed by atoms with Crippen LogP contribution in [0.15, 0.2) is 36.5 Å². The van der Waals surface area contributed by atoms with Gasteiger partial charge in [0.2, 0.25) is 0 Å². The Morgan fingerprint density at radius 3 is 2.45 bits per heavy atom. The SMILES string of the molecule is Cc1ccc(-c2cc(C(=O)N3CCC(n4ncc(C(=O)O)c4C)CC3)[nH]n2)cc1. The van der Waals surface area contributed by atoms with E-state index in [0.29, 0.717) is 24.5 Å². The summed E-state index contributed by atoms with van der Waals surface area (Å²) in [6.45, 7) is 4.97. The number of carbonyl (C=O) groups excluding carboxylic acids is 1. The van der Waals surface area contributed by atoms with Crippen molar-refractivity contribution in [2.45, 2.75) is 32.7 Å². The van der Waals surface area contributed by atoms with Crippen molar-refractivity contribution in [2.24, 2.45) is 0 Å². The van der Waals surface area contributed by atoms with Gasteiger partial charge in [-0.3, -0.25) is 14.6 Å². The van der Waals surface area contributed by atoms with Gasteiger partial charge in [0.15, 0.2) is 0 Å². The number of hydrogen-bond acceptors (Lipinski definition) is 4. The van der Waals surface area contributed by atoms with E-state index in [1.165, 1.54) is 11.8 Å². The number of likely N-dealkylation sites (tertiary alicyclic amines) is 1. The molecule has 3 aromatic rings. The lowest BCUT2D eigenvalue weighted by Crippen LogP contribution is -2.39. The zero-order chi connectivity index (χ0) is 20.5. The van der Waals surface area contributed by atoms with Crippen molar-refractivity contribution in [3.63, 3.8) is 0 Å². The molecule has 1 fully saturated rings. The Balaban J connectivity index is 1.42. The van der Waals surface area contributed by atoms with E-state index in [4.69, 9.17) is 0 Å². The summed E-state index contributed by atoms with van der Waals surface area (Å²) in [6, 6.07) is 9.89. The van der Waals surface area contributed by atoms with Gasteiger partial charge in [-0.05, 0) is 32.8 Å². The number of aromatic nitrogens is 4. The smallest absolute Gasteiger partial charge is 0.339 e. The number of carboxylic acid groups (broad SMARTS) is 1. The quantitative estimate of drug-likeness (QED) is 0.709. The highest BCUT2D eigenvalue weighted by molar-refractivity contribution is 5.93. The molecule has 29 heavy (non-hydrogen) atoms. The molecule has 0 bridgehead atoms. The summed E-state index contributed by atoms with van der Waals surface area (Å²) >= 11 is 0. The van der Waals surface area contributed by atoms with E-state index in [-0.39, 0.29) is 17.5 Å². The monoisotopic (exact) mass is 393 g/mol. The molecule has 0 spiro atoms. The third-order valence-electron chi connectivity index (χ3n) is 5.53. The molecule has 0 saturated carbocycles. The predicted molar refractivity (Wildman–Crippen MR) is 107 cm³/mol. The number of aryl methyl sites for hydroxylation is 1. The van der Waals surface area contributed by atoms with Crippen LogP contribution in [-0.4, -0.2) is 55.0 Å². The molecular formula is C21H23N5O3. The molecule has 1 saturated heterocycles. The maximum Gasteiger partial charge on any atom is 0.339 e. The van der Waals surface area contributed by atoms with Gasteiger partial charge in [0.1, 0.15) is 11.3 Å². The average Bonchev–Trinajstić information content (AvgIpc) is 3.35. The second-order valence-electron chi connectivity index (χ2n) is 7.45. The third kappa shape index (κ3) is 3.65. The topological polar surface area (TPSA) is 104 Å². The Morgan fingerprint density at radius 1 is 1.14 bits per heavy atom. The Labute approximate surface area is 168 Å². The summed E-state index contributed by atoms with van der Waals surface area (Å²) in [5.74, 6) is -1.04. The van der Waals surface area contributed by atoms with Crippen molar-refractivity contribution in [2.75, 3.05) is 13.1 Å². The van der Waals surface area contributed by atoms with Gasteiger partial charge in [0, 0.05) is 18.7 Å². The normalized spacial score (nSPS) is 14.9. The van der Waals surface area contributed by atoms with E-state index >= 15 is 0 Å². The number of H-pyrrole nitrogens is 1. The van der Waals surface area contributed by atoms with Gasteiger partial charge in [-0.15, -0.1) is 0 Å². The Kier molecular flexibility index (Phi) is 4.92. The lowest BCUT2D eigenvalue weighted by Gasteiger charge is -2.32. The second kappa shape index (κ2) is 7.54. The molecule has 1 aromatic carbocycles. The third-order valence-corrected chi connectivity index (χ3v) is 5.53. The number of carboxylic acids is 1. The molecule has 8 nitrogen and oxygen atoms in total. The van der Waals surface area contributed by atoms with E-state index in [1.807, 2.05) is 31.2 Å². The number of benzene rings is 1. The zero-order valence-corrected chi connectivity index (χ0v) is 16.4. The first-order chi connectivity index (χ1) is 13.9. The Morgan fingerprint density at radius 2 is 1.83 bits per heavy atom. The minimum absolute atomic E-state index is 0.0716. The number of piperidine rings is 1. The van der Waals surface area contributed by atoms with Gasteiger partial charge in [-0.2, -0.15) is 10.2 Å². The van der Waals surface area contributed by atoms with Crippen molar-refractivity contribution in [1.82, 2.24) is 24.9 Å². The summed E-state index contributed by atoms with van der Waals surface area (Å²) in [5.41, 5.74) is 4.24. The number of nitrogens with one attached hydrogen (secondary N) is 1. The molecule has 0 atom stereocenters. The molecule has 2 aromatic heterocycles. The highest BCUT2D eigenvalue weighted by Crippen LogP contribution is 2.26. The van der Waals surface area contributed by atoms with Crippen molar-refractivity contribution >= 4 is 11.9 Å². The summed E-state index contributed by atoms with van der Waals surface area (Å²) < 4.78 is 1.77. The molecular weight excluding hydrogens is 370 g/mol. The van der Waals surface area contributed by atoms with Crippen molar-refractivity contribution in [3.8, 4) is 11.3 Å². The molecule has 1 aliphatic heterocycles. The summed E-state index contributed by atoms with van der Waals surface area (Å²) in [5, 5.41) is 20.6. The average molecular weight is 393 g/mol. The zero-order valence-electron chi connectivity index (χ0n) is 16.4. The molecule has 1 aliphatic rings. The first-order valence-corrected chi connectivity index (χ1v) is 9.63. The molecule has 1 amide bonds. The predicted octanol–water partition coefficient (Wildman–Crippen LogP) is 3.07. The van der Waals surface area contributed by atoms with Gasteiger partial charge in [0.05, 0.1) is 23.6 Å².